The van der Waals surface area contributed by atoms with Crippen molar-refractivity contribution in [3.63, 3.8) is 0 Å². The van der Waals surface area contributed by atoms with Crippen LogP contribution >= 0.6 is 0 Å². The number of aliphatic hydroxyl groups excluding tert-OH is 1. The fraction of sp³-hybridized carbons (Fsp3) is 0.382. The van der Waals surface area contributed by atoms with Crippen molar-refractivity contribution < 1.29 is 41.8 Å². The average molecular weight is 681 g/mol. The standard InChI is InChI=1S/C34H37FN4O8S/c1-48(44,45)26-10-2-20(3-11-26)21-4-12-27-30(16-21)46-15-14-25-9-13-29(40)31(47-25)18-36-33(42)28-17-24(37-32(27)41)19-39(28)34(43)38-23-7-5-22(35)6-8-23/h2-8,10-12,16,24-25,28-29,31,40H,9,13-15,17-19H2,1H3,(H,36,42)(H,37,41)(H,38,43)/t24-,25-,28-,29-,31+/m0/s1. The molecule has 4 N–H and O–H groups in total. The molecule has 12 nitrogen and oxygen atoms in total. The van der Waals surface area contributed by atoms with Crippen LogP contribution in [-0.4, -0.2) is 92.6 Å². The fourth-order valence-electron chi connectivity index (χ4n) is 6.27. The van der Waals surface area contributed by atoms with Gasteiger partial charge in [-0.1, -0.05) is 18.2 Å². The molecule has 3 aromatic rings. The molecular weight excluding hydrogens is 643 g/mol. The maximum absolute atomic E-state index is 13.7. The predicted octanol–water partition coefficient (Wildman–Crippen LogP) is 3.11. The van der Waals surface area contributed by atoms with Crippen molar-refractivity contribution in [3.8, 4) is 16.9 Å². The Morgan fingerprint density at radius 2 is 1.73 bits per heavy atom. The lowest BCUT2D eigenvalue weighted by atomic mass is 9.99. The molecule has 6 rings (SSSR count). The van der Waals surface area contributed by atoms with E-state index in [0.29, 0.717) is 36.3 Å². The number of halogens is 1. The van der Waals surface area contributed by atoms with Crippen LogP contribution in [0, 0.1) is 5.82 Å². The SMILES string of the molecule is CS(=O)(=O)c1ccc(-c2ccc3c(c2)OCC[C@@H]2CC[C@H](O)[C@@H](CNC(=O)[C@@H]4C[C@@H](CN4C(=O)Nc4ccc(F)cc4)NC3=O)O2)cc1. The van der Waals surface area contributed by atoms with Gasteiger partial charge in [-0.2, -0.15) is 0 Å². The van der Waals surface area contributed by atoms with Gasteiger partial charge in [0.2, 0.25) is 5.91 Å². The molecule has 0 spiro atoms. The Balaban J connectivity index is 1.29. The van der Waals surface area contributed by atoms with Crippen molar-refractivity contribution >= 4 is 33.4 Å². The summed E-state index contributed by atoms with van der Waals surface area (Å²) in [5, 5.41) is 19.1. The number of hydrogen-bond acceptors (Lipinski definition) is 8. The molecule has 5 atom stereocenters. The number of sulfone groups is 1. The molecule has 254 valence electrons. The van der Waals surface area contributed by atoms with Crippen molar-refractivity contribution in [2.75, 3.05) is 31.3 Å². The smallest absolute Gasteiger partial charge is 0.322 e. The number of hydrogen-bond donors (Lipinski definition) is 4. The lowest BCUT2D eigenvalue weighted by Crippen LogP contribution is -2.51. The Hall–Kier alpha value is -4.53. The van der Waals surface area contributed by atoms with Gasteiger partial charge in [-0.3, -0.25) is 9.59 Å². The minimum atomic E-state index is -3.37. The summed E-state index contributed by atoms with van der Waals surface area (Å²) in [5.41, 5.74) is 2.01. The Bertz CT molecular complexity index is 1790. The Morgan fingerprint density at radius 1 is 1.00 bits per heavy atom. The molecule has 0 aromatic heterocycles. The molecule has 48 heavy (non-hydrogen) atoms. The van der Waals surface area contributed by atoms with Gasteiger partial charge < -0.3 is 35.4 Å². The van der Waals surface area contributed by atoms with E-state index in [4.69, 9.17) is 9.47 Å². The first-order chi connectivity index (χ1) is 22.9. The molecule has 2 fully saturated rings. The van der Waals surface area contributed by atoms with E-state index in [1.807, 2.05) is 0 Å². The molecule has 0 aliphatic carbocycles. The monoisotopic (exact) mass is 680 g/mol. The highest BCUT2D eigenvalue weighted by Crippen LogP contribution is 2.30. The van der Waals surface area contributed by atoms with Crippen molar-refractivity contribution in [2.45, 2.75) is 61.0 Å². The first-order valence-corrected chi connectivity index (χ1v) is 17.7. The lowest BCUT2D eigenvalue weighted by molar-refractivity contribution is -0.133. The topological polar surface area (TPSA) is 163 Å². The van der Waals surface area contributed by atoms with Gasteiger partial charge in [0.15, 0.2) is 9.84 Å². The lowest BCUT2D eigenvalue weighted by Gasteiger charge is -2.34. The molecule has 3 aliphatic rings. The highest BCUT2D eigenvalue weighted by atomic mass is 32.2. The number of ether oxygens (including phenoxy) is 2. The number of carbonyl (C=O) groups is 3. The summed E-state index contributed by atoms with van der Waals surface area (Å²) in [4.78, 5) is 42.1. The second kappa shape index (κ2) is 13.9. The van der Waals surface area contributed by atoms with E-state index in [0.717, 1.165) is 11.8 Å². The number of rotatable bonds is 3. The number of anilines is 1. The van der Waals surface area contributed by atoms with Crippen molar-refractivity contribution in [2.24, 2.45) is 0 Å². The molecule has 14 heteroatoms. The molecule has 3 heterocycles. The van der Waals surface area contributed by atoms with E-state index >= 15 is 0 Å². The summed E-state index contributed by atoms with van der Waals surface area (Å²) in [7, 11) is -3.37. The quantitative estimate of drug-likeness (QED) is 0.328. The van der Waals surface area contributed by atoms with E-state index in [1.165, 1.54) is 41.3 Å². The minimum Gasteiger partial charge on any atom is -0.493 e. The summed E-state index contributed by atoms with van der Waals surface area (Å²) in [5.74, 6) is -1.08. The number of fused-ring (bicyclic) bond motifs is 5. The van der Waals surface area contributed by atoms with E-state index in [1.54, 1.807) is 30.3 Å². The van der Waals surface area contributed by atoms with Crippen LogP contribution in [0.2, 0.25) is 0 Å². The number of urea groups is 1. The van der Waals surface area contributed by atoms with Gasteiger partial charge in [-0.05, 0) is 78.9 Å². The van der Waals surface area contributed by atoms with Gasteiger partial charge in [0.1, 0.15) is 23.7 Å². The van der Waals surface area contributed by atoms with Crippen LogP contribution in [0.4, 0.5) is 14.9 Å². The third kappa shape index (κ3) is 7.61. The molecule has 0 saturated carbocycles. The van der Waals surface area contributed by atoms with Crippen molar-refractivity contribution in [1.82, 2.24) is 15.5 Å². The van der Waals surface area contributed by atoms with Gasteiger partial charge >= 0.3 is 6.03 Å². The van der Waals surface area contributed by atoms with E-state index in [2.05, 4.69) is 16.0 Å². The number of nitrogens with zero attached hydrogens (tertiary/aromatic N) is 1. The molecule has 4 amide bonds. The summed E-state index contributed by atoms with van der Waals surface area (Å²) >= 11 is 0. The number of nitrogens with one attached hydrogen (secondary N) is 3. The van der Waals surface area contributed by atoms with E-state index in [9.17, 15) is 32.3 Å². The Kier molecular flexibility index (Phi) is 9.67. The summed E-state index contributed by atoms with van der Waals surface area (Å²) in [6.07, 6.45) is 1.06. The third-order valence-electron chi connectivity index (χ3n) is 8.89. The van der Waals surface area contributed by atoms with E-state index < -0.39 is 57.8 Å². The zero-order chi connectivity index (χ0) is 34.0. The zero-order valence-electron chi connectivity index (χ0n) is 26.2. The molecule has 3 aliphatic heterocycles. The van der Waals surface area contributed by atoms with Gasteiger partial charge in [0, 0.05) is 37.5 Å². The van der Waals surface area contributed by atoms with Crippen molar-refractivity contribution in [1.29, 1.82) is 0 Å². The molecule has 0 unspecified atom stereocenters. The normalized spacial score (nSPS) is 24.9. The van der Waals surface area contributed by atoms with Gasteiger partial charge in [-0.15, -0.1) is 0 Å². The Labute approximate surface area is 277 Å². The molecule has 0 radical (unpaired) electrons. The number of benzene rings is 3. The molecule has 3 aromatic carbocycles. The highest BCUT2D eigenvalue weighted by Gasteiger charge is 2.41. The number of likely N-dealkylation sites (tertiary alicyclic amines) is 1. The second-order valence-electron chi connectivity index (χ2n) is 12.3. The van der Waals surface area contributed by atoms with Crippen LogP contribution in [0.3, 0.4) is 0 Å². The fourth-order valence-corrected chi connectivity index (χ4v) is 6.90. The minimum absolute atomic E-state index is 0.0163. The van der Waals surface area contributed by atoms with Crippen LogP contribution in [0.1, 0.15) is 36.0 Å². The highest BCUT2D eigenvalue weighted by molar-refractivity contribution is 7.90. The van der Waals surface area contributed by atoms with Crippen molar-refractivity contribution in [3.05, 3.63) is 78.1 Å². The summed E-state index contributed by atoms with van der Waals surface area (Å²) < 4.78 is 49.6. The second-order valence-corrected chi connectivity index (χ2v) is 14.4. The Morgan fingerprint density at radius 3 is 2.46 bits per heavy atom. The van der Waals surface area contributed by atoms with Gasteiger partial charge in [-0.25, -0.2) is 17.6 Å². The summed E-state index contributed by atoms with van der Waals surface area (Å²) in [6, 6.07) is 14.6. The maximum atomic E-state index is 13.7. The average Bonchev–Trinajstić information content (AvgIpc) is 3.49. The van der Waals surface area contributed by atoms with Crippen LogP contribution < -0.4 is 20.7 Å². The first kappa shape index (κ1) is 33.4. The summed E-state index contributed by atoms with van der Waals surface area (Å²) in [6.45, 7) is 0.254. The first-order valence-electron chi connectivity index (χ1n) is 15.8. The van der Waals surface area contributed by atoms with Crippen LogP contribution in [0.15, 0.2) is 71.6 Å². The zero-order valence-corrected chi connectivity index (χ0v) is 27.0. The molecule has 2 saturated heterocycles. The predicted molar refractivity (Wildman–Crippen MR) is 174 cm³/mol. The van der Waals surface area contributed by atoms with Crippen LogP contribution in [0.5, 0.6) is 5.75 Å². The molecule has 4 bridgehead atoms. The van der Waals surface area contributed by atoms with Gasteiger partial charge in [0.05, 0.1) is 29.3 Å². The van der Waals surface area contributed by atoms with Gasteiger partial charge in [0.25, 0.3) is 5.91 Å². The maximum Gasteiger partial charge on any atom is 0.322 e. The number of aliphatic hydroxyl groups is 1. The largest absolute Gasteiger partial charge is 0.493 e. The number of carbonyl (C=O) groups excluding carboxylic acids is 3. The van der Waals surface area contributed by atoms with Crippen LogP contribution in [-0.2, 0) is 19.4 Å². The number of amides is 4. The van der Waals surface area contributed by atoms with Crippen LogP contribution in [0.25, 0.3) is 11.1 Å². The third-order valence-corrected chi connectivity index (χ3v) is 10.0. The van der Waals surface area contributed by atoms with E-state index in [-0.39, 0.29) is 42.7 Å². The molecular formula is C34H37FN4O8S.